The van der Waals surface area contributed by atoms with Gasteiger partial charge in [0.15, 0.2) is 0 Å². The quantitative estimate of drug-likeness (QED) is 0.778. The Hall–Kier alpha value is -1.83. The zero-order valence-corrected chi connectivity index (χ0v) is 10.0. The van der Waals surface area contributed by atoms with Gasteiger partial charge >= 0.3 is 0 Å². The van der Waals surface area contributed by atoms with Crippen molar-refractivity contribution in [3.05, 3.63) is 59.9 Å². The largest absolute Gasteiger partial charge is 0.365 e. The molecule has 0 saturated carbocycles. The molecule has 0 aliphatic carbocycles. The SMILES string of the molecule is CC1CN(Cc2ccccn2)c2ccccc21. The maximum atomic E-state index is 4.40. The van der Waals surface area contributed by atoms with Crippen LogP contribution in [0.25, 0.3) is 0 Å². The number of benzene rings is 1. The molecule has 1 aliphatic rings. The van der Waals surface area contributed by atoms with Gasteiger partial charge in [0.1, 0.15) is 0 Å². The van der Waals surface area contributed by atoms with Crippen LogP contribution in [0.4, 0.5) is 5.69 Å². The summed E-state index contributed by atoms with van der Waals surface area (Å²) >= 11 is 0. The van der Waals surface area contributed by atoms with Crippen molar-refractivity contribution < 1.29 is 0 Å². The third kappa shape index (κ3) is 1.91. The topological polar surface area (TPSA) is 16.1 Å². The van der Waals surface area contributed by atoms with E-state index in [9.17, 15) is 0 Å². The average molecular weight is 224 g/mol. The lowest BCUT2D eigenvalue weighted by Gasteiger charge is -2.18. The molecule has 2 heteroatoms. The molecule has 1 aliphatic heterocycles. The predicted molar refractivity (Wildman–Crippen MR) is 70.1 cm³/mol. The van der Waals surface area contributed by atoms with Crippen LogP contribution in [0.1, 0.15) is 24.1 Å². The van der Waals surface area contributed by atoms with Crippen molar-refractivity contribution in [2.45, 2.75) is 19.4 Å². The second-order valence-electron chi connectivity index (χ2n) is 4.66. The van der Waals surface area contributed by atoms with Gasteiger partial charge in [-0.25, -0.2) is 0 Å². The van der Waals surface area contributed by atoms with Crippen LogP contribution in [0.5, 0.6) is 0 Å². The van der Waals surface area contributed by atoms with Gasteiger partial charge in [0, 0.05) is 24.3 Å². The van der Waals surface area contributed by atoms with Crippen LogP contribution in [-0.2, 0) is 6.54 Å². The number of hydrogen-bond donors (Lipinski definition) is 0. The third-order valence-corrected chi connectivity index (χ3v) is 3.38. The first-order valence-electron chi connectivity index (χ1n) is 6.08. The standard InChI is InChI=1S/C15H16N2/c1-12-10-17(11-13-6-4-5-9-16-13)15-8-3-2-7-14(12)15/h2-9,12H,10-11H2,1H3. The Balaban J connectivity index is 1.87. The van der Waals surface area contributed by atoms with Crippen LogP contribution >= 0.6 is 0 Å². The van der Waals surface area contributed by atoms with Gasteiger partial charge in [-0.15, -0.1) is 0 Å². The van der Waals surface area contributed by atoms with Crippen molar-refractivity contribution in [1.82, 2.24) is 4.98 Å². The molecule has 1 aromatic heterocycles. The van der Waals surface area contributed by atoms with E-state index in [1.807, 2.05) is 18.3 Å². The van der Waals surface area contributed by atoms with E-state index < -0.39 is 0 Å². The minimum Gasteiger partial charge on any atom is -0.365 e. The minimum atomic E-state index is 0.620. The second kappa shape index (κ2) is 4.21. The van der Waals surface area contributed by atoms with Gasteiger partial charge in [-0.3, -0.25) is 4.98 Å². The van der Waals surface area contributed by atoms with Crippen LogP contribution in [0.2, 0.25) is 0 Å². The van der Waals surface area contributed by atoms with Gasteiger partial charge in [0.2, 0.25) is 0 Å². The second-order valence-corrected chi connectivity index (χ2v) is 4.66. The number of anilines is 1. The van der Waals surface area contributed by atoms with E-state index in [0.29, 0.717) is 5.92 Å². The highest BCUT2D eigenvalue weighted by molar-refractivity contribution is 5.59. The summed E-state index contributed by atoms with van der Waals surface area (Å²) in [5, 5.41) is 0. The van der Waals surface area contributed by atoms with Crippen LogP contribution < -0.4 is 4.90 Å². The molecule has 0 fully saturated rings. The number of fused-ring (bicyclic) bond motifs is 1. The van der Waals surface area contributed by atoms with Gasteiger partial charge in [-0.2, -0.15) is 0 Å². The first kappa shape index (κ1) is 10.3. The smallest absolute Gasteiger partial charge is 0.0602 e. The summed E-state index contributed by atoms with van der Waals surface area (Å²) in [6, 6.07) is 14.8. The molecule has 86 valence electrons. The number of rotatable bonds is 2. The summed E-state index contributed by atoms with van der Waals surface area (Å²) in [7, 11) is 0. The van der Waals surface area contributed by atoms with E-state index in [4.69, 9.17) is 0 Å². The molecule has 0 radical (unpaired) electrons. The lowest BCUT2D eigenvalue weighted by molar-refractivity contribution is 0.737. The van der Waals surface area contributed by atoms with E-state index in [-0.39, 0.29) is 0 Å². The molecule has 0 spiro atoms. The van der Waals surface area contributed by atoms with E-state index in [2.05, 4.69) is 47.1 Å². The maximum absolute atomic E-state index is 4.40. The predicted octanol–water partition coefficient (Wildman–Crippen LogP) is 3.21. The highest BCUT2D eigenvalue weighted by atomic mass is 15.2. The summed E-state index contributed by atoms with van der Waals surface area (Å²) in [5.41, 5.74) is 3.96. The zero-order valence-electron chi connectivity index (χ0n) is 10.0. The van der Waals surface area contributed by atoms with Crippen molar-refractivity contribution in [1.29, 1.82) is 0 Å². The molecule has 1 atom stereocenters. The van der Waals surface area contributed by atoms with Crippen LogP contribution in [0, 0.1) is 0 Å². The normalized spacial score (nSPS) is 18.2. The van der Waals surface area contributed by atoms with E-state index in [0.717, 1.165) is 18.8 Å². The fraction of sp³-hybridized carbons (Fsp3) is 0.267. The monoisotopic (exact) mass is 224 g/mol. The van der Waals surface area contributed by atoms with E-state index >= 15 is 0 Å². The third-order valence-electron chi connectivity index (χ3n) is 3.38. The van der Waals surface area contributed by atoms with Gasteiger partial charge in [-0.05, 0) is 23.8 Å². The van der Waals surface area contributed by atoms with Crippen molar-refractivity contribution in [2.75, 3.05) is 11.4 Å². The molecular weight excluding hydrogens is 208 g/mol. The highest BCUT2D eigenvalue weighted by Gasteiger charge is 2.24. The molecule has 0 N–H and O–H groups in total. The summed E-state index contributed by atoms with van der Waals surface area (Å²) in [4.78, 5) is 6.82. The zero-order chi connectivity index (χ0) is 11.7. The first-order chi connectivity index (χ1) is 8.34. The van der Waals surface area contributed by atoms with Crippen LogP contribution in [-0.4, -0.2) is 11.5 Å². The molecular formula is C15H16N2. The molecule has 2 nitrogen and oxygen atoms in total. The van der Waals surface area contributed by atoms with Crippen LogP contribution in [0.3, 0.4) is 0 Å². The molecule has 17 heavy (non-hydrogen) atoms. The number of aromatic nitrogens is 1. The van der Waals surface area contributed by atoms with E-state index in [1.165, 1.54) is 11.3 Å². The average Bonchev–Trinajstić information content (AvgIpc) is 2.69. The molecule has 0 bridgehead atoms. The van der Waals surface area contributed by atoms with Crippen molar-refractivity contribution in [3.63, 3.8) is 0 Å². The summed E-state index contributed by atoms with van der Waals surface area (Å²) in [5.74, 6) is 0.620. The van der Waals surface area contributed by atoms with Gasteiger partial charge < -0.3 is 4.90 Å². The molecule has 2 heterocycles. The molecule has 3 rings (SSSR count). The summed E-state index contributed by atoms with van der Waals surface area (Å²) in [6.45, 7) is 4.29. The van der Waals surface area contributed by atoms with Gasteiger partial charge in [-0.1, -0.05) is 31.2 Å². The van der Waals surface area contributed by atoms with Crippen molar-refractivity contribution >= 4 is 5.69 Å². The maximum Gasteiger partial charge on any atom is 0.0602 e. The Kier molecular flexibility index (Phi) is 2.56. The fourth-order valence-corrected chi connectivity index (χ4v) is 2.56. The van der Waals surface area contributed by atoms with Crippen molar-refractivity contribution in [3.8, 4) is 0 Å². The number of nitrogens with zero attached hydrogens (tertiary/aromatic N) is 2. The van der Waals surface area contributed by atoms with Crippen LogP contribution in [0.15, 0.2) is 48.7 Å². The lowest BCUT2D eigenvalue weighted by atomic mass is 10.0. The van der Waals surface area contributed by atoms with Gasteiger partial charge in [0.05, 0.1) is 12.2 Å². The Labute approximate surface area is 102 Å². The molecule has 1 unspecified atom stereocenters. The Morgan fingerprint density at radius 3 is 2.82 bits per heavy atom. The Morgan fingerprint density at radius 2 is 2.00 bits per heavy atom. The molecule has 1 aromatic carbocycles. The Morgan fingerprint density at radius 1 is 1.18 bits per heavy atom. The number of pyridine rings is 1. The van der Waals surface area contributed by atoms with Crippen molar-refractivity contribution in [2.24, 2.45) is 0 Å². The molecule has 0 saturated heterocycles. The van der Waals surface area contributed by atoms with Gasteiger partial charge in [0.25, 0.3) is 0 Å². The molecule has 0 amide bonds. The summed E-state index contributed by atoms with van der Waals surface area (Å²) in [6.07, 6.45) is 1.86. The van der Waals surface area contributed by atoms with E-state index in [1.54, 1.807) is 0 Å². The minimum absolute atomic E-state index is 0.620. The number of para-hydroxylation sites is 1. The molecule has 2 aromatic rings. The lowest BCUT2D eigenvalue weighted by Crippen LogP contribution is -2.21. The highest BCUT2D eigenvalue weighted by Crippen LogP contribution is 2.36. The fourth-order valence-electron chi connectivity index (χ4n) is 2.56. The Bertz CT molecular complexity index is 507. The summed E-state index contributed by atoms with van der Waals surface area (Å²) < 4.78 is 0. The number of hydrogen-bond acceptors (Lipinski definition) is 2. The first-order valence-corrected chi connectivity index (χ1v) is 6.08.